The number of rotatable bonds is 3. The number of hydrazone groups is 1. The summed E-state index contributed by atoms with van der Waals surface area (Å²) in [5.41, 5.74) is 4.12. The molecule has 0 unspecified atom stereocenters. The zero-order chi connectivity index (χ0) is 8.81. The lowest BCUT2D eigenvalue weighted by atomic mass is 10.1. The molecule has 0 fully saturated rings. The number of hydrazine groups is 1. The molecular weight excluding hydrogens is 170 g/mol. The molecule has 4 heteroatoms. The fourth-order valence-electron chi connectivity index (χ4n) is 0.900. The van der Waals surface area contributed by atoms with Crippen molar-refractivity contribution in [3.05, 3.63) is 35.9 Å². The van der Waals surface area contributed by atoms with Crippen molar-refractivity contribution in [3.63, 3.8) is 0 Å². The summed E-state index contributed by atoms with van der Waals surface area (Å²) >= 11 is 4.13. The Labute approximate surface area is 77.0 Å². The van der Waals surface area contributed by atoms with Gasteiger partial charge in [-0.2, -0.15) is 17.7 Å². The molecule has 1 rings (SSSR count). The minimum absolute atomic E-state index is 0.564. The summed E-state index contributed by atoms with van der Waals surface area (Å²) in [7, 11) is 0. The van der Waals surface area contributed by atoms with Crippen LogP contribution in [0, 0.1) is 0 Å². The van der Waals surface area contributed by atoms with Gasteiger partial charge in [-0.1, -0.05) is 30.3 Å². The van der Waals surface area contributed by atoms with E-state index in [1.807, 2.05) is 30.3 Å². The fourth-order valence-corrected chi connectivity index (χ4v) is 1.15. The van der Waals surface area contributed by atoms with Gasteiger partial charge in [-0.05, 0) is 5.56 Å². The maximum atomic E-state index is 5.07. The Bertz CT molecular complexity index is 258. The van der Waals surface area contributed by atoms with Gasteiger partial charge >= 0.3 is 0 Å². The number of nitrogens with two attached hydrogens (primary N) is 1. The third-order valence-electron chi connectivity index (χ3n) is 1.46. The van der Waals surface area contributed by atoms with Crippen LogP contribution in [0.5, 0.6) is 0 Å². The highest BCUT2D eigenvalue weighted by Crippen LogP contribution is 2.01. The molecule has 1 aromatic rings. The van der Waals surface area contributed by atoms with E-state index >= 15 is 0 Å². The number of nitrogens with zero attached hydrogens (tertiary/aromatic N) is 1. The molecule has 0 atom stereocenters. The van der Waals surface area contributed by atoms with Crippen LogP contribution in [0.2, 0.25) is 0 Å². The Kier molecular flexibility index (Phi) is 3.63. The molecule has 64 valence electrons. The minimum atomic E-state index is 0.564. The van der Waals surface area contributed by atoms with Gasteiger partial charge in [-0.15, -0.1) is 0 Å². The number of hydrogen-bond acceptors (Lipinski definition) is 4. The zero-order valence-corrected chi connectivity index (χ0v) is 7.46. The van der Waals surface area contributed by atoms with Crippen molar-refractivity contribution < 1.29 is 0 Å². The third kappa shape index (κ3) is 2.25. The van der Waals surface area contributed by atoms with E-state index in [-0.39, 0.29) is 0 Å². The van der Waals surface area contributed by atoms with E-state index < -0.39 is 0 Å². The molecule has 0 amide bonds. The summed E-state index contributed by atoms with van der Waals surface area (Å²) in [6, 6.07) is 9.78. The first-order chi connectivity index (χ1) is 5.88. The third-order valence-corrected chi connectivity index (χ3v) is 1.76. The van der Waals surface area contributed by atoms with Gasteiger partial charge in [0.15, 0.2) is 0 Å². The van der Waals surface area contributed by atoms with Gasteiger partial charge in [0.05, 0.1) is 5.71 Å². The molecule has 0 heterocycles. The first-order valence-electron chi connectivity index (χ1n) is 3.57. The zero-order valence-electron chi connectivity index (χ0n) is 6.57. The molecule has 3 nitrogen and oxygen atoms in total. The number of hydrogen-bond donors (Lipinski definition) is 3. The van der Waals surface area contributed by atoms with Crippen LogP contribution >= 0.6 is 12.6 Å². The average Bonchev–Trinajstić information content (AvgIpc) is 2.15. The monoisotopic (exact) mass is 181 g/mol. The van der Waals surface area contributed by atoms with Gasteiger partial charge in [0.25, 0.3) is 0 Å². The number of benzene rings is 1. The lowest BCUT2D eigenvalue weighted by Gasteiger charge is -2.01. The standard InChI is InChI=1S/C8H11N3S/c9-11-10-8(6-12)7-4-2-1-3-5-7/h1-5,11-12H,6,9H2. The highest BCUT2D eigenvalue weighted by atomic mass is 32.1. The van der Waals surface area contributed by atoms with Crippen LogP contribution in [0.4, 0.5) is 0 Å². The van der Waals surface area contributed by atoms with Crippen LogP contribution in [0.25, 0.3) is 0 Å². The van der Waals surface area contributed by atoms with Crippen molar-refractivity contribution in [2.45, 2.75) is 0 Å². The molecular formula is C8H11N3S. The average molecular weight is 181 g/mol. The predicted octanol–water partition coefficient (Wildman–Crippen LogP) is 0.784. The van der Waals surface area contributed by atoms with E-state index in [1.165, 1.54) is 0 Å². The van der Waals surface area contributed by atoms with Crippen LogP contribution in [-0.4, -0.2) is 11.5 Å². The largest absolute Gasteiger partial charge is 0.245 e. The second kappa shape index (κ2) is 4.79. The molecule has 0 radical (unpaired) electrons. The highest BCUT2D eigenvalue weighted by Gasteiger charge is 1.98. The maximum absolute atomic E-state index is 5.07. The smallest absolute Gasteiger partial charge is 0.0786 e. The molecule has 1 aromatic carbocycles. The van der Waals surface area contributed by atoms with Crippen LogP contribution in [-0.2, 0) is 0 Å². The Hall–Kier alpha value is -1.00. The molecule has 0 bridgehead atoms. The summed E-state index contributed by atoms with van der Waals surface area (Å²) in [4.78, 5) is 0. The van der Waals surface area contributed by atoms with Crippen molar-refractivity contribution in [1.82, 2.24) is 5.53 Å². The quantitative estimate of drug-likeness (QED) is 0.279. The van der Waals surface area contributed by atoms with E-state index in [9.17, 15) is 0 Å². The molecule has 0 aliphatic rings. The van der Waals surface area contributed by atoms with Crippen molar-refractivity contribution in [1.29, 1.82) is 0 Å². The predicted molar refractivity (Wildman–Crippen MR) is 54.2 cm³/mol. The summed E-state index contributed by atoms with van der Waals surface area (Å²) in [6.07, 6.45) is 0. The first-order valence-corrected chi connectivity index (χ1v) is 4.20. The second-order valence-corrected chi connectivity index (χ2v) is 2.53. The van der Waals surface area contributed by atoms with Crippen LogP contribution in [0.1, 0.15) is 5.56 Å². The number of thiol groups is 1. The van der Waals surface area contributed by atoms with Crippen molar-refractivity contribution >= 4 is 18.3 Å². The molecule has 0 saturated carbocycles. The molecule has 3 N–H and O–H groups in total. The summed E-state index contributed by atoms with van der Waals surface area (Å²) in [5.74, 6) is 5.63. The molecule has 0 spiro atoms. The van der Waals surface area contributed by atoms with Crippen LogP contribution in [0.3, 0.4) is 0 Å². The summed E-state index contributed by atoms with van der Waals surface area (Å²) < 4.78 is 0. The fraction of sp³-hybridized carbons (Fsp3) is 0.125. The lowest BCUT2D eigenvalue weighted by Crippen LogP contribution is -2.18. The van der Waals surface area contributed by atoms with Gasteiger partial charge in [-0.3, -0.25) is 0 Å². The SMILES string of the molecule is NNN=C(CS)c1ccccc1. The van der Waals surface area contributed by atoms with Crippen molar-refractivity contribution in [2.24, 2.45) is 10.9 Å². The van der Waals surface area contributed by atoms with E-state index in [0.717, 1.165) is 11.3 Å². The Morgan fingerprint density at radius 2 is 2.08 bits per heavy atom. The Morgan fingerprint density at radius 3 is 2.58 bits per heavy atom. The maximum Gasteiger partial charge on any atom is 0.0786 e. The second-order valence-electron chi connectivity index (χ2n) is 2.21. The van der Waals surface area contributed by atoms with E-state index in [2.05, 4.69) is 23.3 Å². The van der Waals surface area contributed by atoms with Gasteiger partial charge < -0.3 is 0 Å². The van der Waals surface area contributed by atoms with Gasteiger partial charge in [0.2, 0.25) is 0 Å². The first kappa shape index (κ1) is 9.09. The summed E-state index contributed by atoms with van der Waals surface area (Å²) in [5, 5.41) is 3.88. The van der Waals surface area contributed by atoms with E-state index in [1.54, 1.807) is 0 Å². The molecule has 0 aromatic heterocycles. The van der Waals surface area contributed by atoms with Gasteiger partial charge in [0.1, 0.15) is 0 Å². The Balaban J connectivity index is 2.88. The normalized spacial score (nSPS) is 11.3. The Morgan fingerprint density at radius 1 is 1.42 bits per heavy atom. The minimum Gasteiger partial charge on any atom is -0.245 e. The topological polar surface area (TPSA) is 50.4 Å². The highest BCUT2D eigenvalue weighted by molar-refractivity contribution is 7.81. The van der Waals surface area contributed by atoms with E-state index in [4.69, 9.17) is 5.84 Å². The van der Waals surface area contributed by atoms with Crippen LogP contribution in [0.15, 0.2) is 35.4 Å². The molecule has 0 aliphatic carbocycles. The number of nitrogens with one attached hydrogen (secondary N) is 1. The molecule has 0 aliphatic heterocycles. The van der Waals surface area contributed by atoms with Crippen molar-refractivity contribution in [2.75, 3.05) is 5.75 Å². The van der Waals surface area contributed by atoms with Crippen LogP contribution < -0.4 is 11.4 Å². The van der Waals surface area contributed by atoms with Gasteiger partial charge in [-0.25, -0.2) is 11.4 Å². The summed E-state index contributed by atoms with van der Waals surface area (Å²) in [6.45, 7) is 0. The van der Waals surface area contributed by atoms with E-state index in [0.29, 0.717) is 5.75 Å². The van der Waals surface area contributed by atoms with Gasteiger partial charge in [0, 0.05) is 5.75 Å². The van der Waals surface area contributed by atoms with Crippen molar-refractivity contribution in [3.8, 4) is 0 Å². The molecule has 0 saturated heterocycles. The molecule has 12 heavy (non-hydrogen) atoms. The lowest BCUT2D eigenvalue weighted by molar-refractivity contribution is 0.805.